The SMILES string of the molecule is Cc1nc2c(C#N)c(C(F)F)[nH]n2c(=O)c1-c1ccnc2cc(Cl)cc(F)c12. The van der Waals surface area contributed by atoms with E-state index in [9.17, 15) is 23.2 Å². The zero-order valence-corrected chi connectivity index (χ0v) is 14.9. The van der Waals surface area contributed by atoms with Gasteiger partial charge in [0.1, 0.15) is 23.1 Å². The van der Waals surface area contributed by atoms with Gasteiger partial charge in [-0.3, -0.25) is 14.9 Å². The van der Waals surface area contributed by atoms with Crippen LogP contribution in [0.4, 0.5) is 13.2 Å². The summed E-state index contributed by atoms with van der Waals surface area (Å²) in [6, 6.07) is 5.60. The van der Waals surface area contributed by atoms with Crippen LogP contribution in [0.5, 0.6) is 0 Å². The number of pyridine rings is 1. The van der Waals surface area contributed by atoms with E-state index >= 15 is 0 Å². The molecule has 0 saturated heterocycles. The molecule has 3 aromatic heterocycles. The van der Waals surface area contributed by atoms with E-state index in [0.29, 0.717) is 0 Å². The molecule has 10 heteroatoms. The van der Waals surface area contributed by atoms with Gasteiger partial charge in [0.15, 0.2) is 5.65 Å². The molecule has 6 nitrogen and oxygen atoms in total. The van der Waals surface area contributed by atoms with Crippen molar-refractivity contribution in [3.8, 4) is 17.2 Å². The summed E-state index contributed by atoms with van der Waals surface area (Å²) in [6.07, 6.45) is -1.62. The van der Waals surface area contributed by atoms with Crippen LogP contribution in [0.15, 0.2) is 29.2 Å². The van der Waals surface area contributed by atoms with Crippen LogP contribution < -0.4 is 5.56 Å². The van der Waals surface area contributed by atoms with Crippen LogP contribution in [0.3, 0.4) is 0 Å². The van der Waals surface area contributed by atoms with Gasteiger partial charge < -0.3 is 0 Å². The van der Waals surface area contributed by atoms with Gasteiger partial charge in [-0.1, -0.05) is 11.6 Å². The van der Waals surface area contributed by atoms with E-state index in [4.69, 9.17) is 11.6 Å². The largest absolute Gasteiger partial charge is 0.287 e. The van der Waals surface area contributed by atoms with Crippen LogP contribution in [0.25, 0.3) is 27.7 Å². The molecule has 140 valence electrons. The van der Waals surface area contributed by atoms with Crippen LogP contribution in [0.1, 0.15) is 23.4 Å². The lowest BCUT2D eigenvalue weighted by Gasteiger charge is -2.10. The maximum absolute atomic E-state index is 14.6. The predicted molar refractivity (Wildman–Crippen MR) is 95.9 cm³/mol. The molecule has 4 aromatic rings. The Balaban J connectivity index is 2.14. The third-order valence-corrected chi connectivity index (χ3v) is 4.57. The number of hydrogen-bond acceptors (Lipinski definition) is 4. The number of aromatic amines is 1. The summed E-state index contributed by atoms with van der Waals surface area (Å²) < 4.78 is 41.8. The number of H-pyrrole nitrogens is 1. The minimum absolute atomic E-state index is 0.00215. The second-order valence-electron chi connectivity index (χ2n) is 5.99. The van der Waals surface area contributed by atoms with E-state index in [1.807, 2.05) is 0 Å². The first kappa shape index (κ1) is 18.0. The highest BCUT2D eigenvalue weighted by Crippen LogP contribution is 2.32. The van der Waals surface area contributed by atoms with Crippen LogP contribution in [-0.4, -0.2) is 19.6 Å². The first-order chi connectivity index (χ1) is 13.3. The molecule has 0 fully saturated rings. The van der Waals surface area contributed by atoms with E-state index in [0.717, 1.165) is 10.6 Å². The van der Waals surface area contributed by atoms with Crippen LogP contribution in [-0.2, 0) is 0 Å². The van der Waals surface area contributed by atoms with Crippen LogP contribution in [0, 0.1) is 24.1 Å². The van der Waals surface area contributed by atoms with Crippen molar-refractivity contribution >= 4 is 28.2 Å². The quantitative estimate of drug-likeness (QED) is 0.544. The van der Waals surface area contributed by atoms with Crippen molar-refractivity contribution in [3.63, 3.8) is 0 Å². The second-order valence-corrected chi connectivity index (χ2v) is 6.43. The number of alkyl halides is 2. The Kier molecular flexibility index (Phi) is 4.08. The van der Waals surface area contributed by atoms with Crippen molar-refractivity contribution < 1.29 is 13.2 Å². The fourth-order valence-electron chi connectivity index (χ4n) is 3.19. The Morgan fingerprint density at radius 3 is 2.79 bits per heavy atom. The van der Waals surface area contributed by atoms with Gasteiger partial charge in [-0.05, 0) is 25.1 Å². The number of rotatable bonds is 2. The van der Waals surface area contributed by atoms with E-state index in [2.05, 4.69) is 15.1 Å². The van der Waals surface area contributed by atoms with E-state index < -0.39 is 29.1 Å². The smallest absolute Gasteiger partial charge is 0.281 e. The maximum atomic E-state index is 14.6. The molecule has 0 aliphatic carbocycles. The fraction of sp³-hybridized carbons (Fsp3) is 0.111. The molecule has 0 saturated carbocycles. The lowest BCUT2D eigenvalue weighted by atomic mass is 10.0. The van der Waals surface area contributed by atoms with Crippen molar-refractivity contribution in [2.24, 2.45) is 0 Å². The molecule has 0 aliphatic heterocycles. The summed E-state index contributed by atoms with van der Waals surface area (Å²) in [5.74, 6) is -0.688. The number of hydrogen-bond donors (Lipinski definition) is 1. The number of fused-ring (bicyclic) bond motifs is 2. The van der Waals surface area contributed by atoms with Gasteiger partial charge in [-0.15, -0.1) is 0 Å². The van der Waals surface area contributed by atoms with E-state index in [1.54, 1.807) is 6.07 Å². The number of aromatic nitrogens is 4. The van der Waals surface area contributed by atoms with Gasteiger partial charge in [0.25, 0.3) is 12.0 Å². The first-order valence-electron chi connectivity index (χ1n) is 7.91. The molecule has 4 rings (SSSR count). The molecule has 3 heterocycles. The maximum Gasteiger partial charge on any atom is 0.281 e. The van der Waals surface area contributed by atoms with Gasteiger partial charge in [-0.2, -0.15) is 9.78 Å². The minimum Gasteiger partial charge on any atom is -0.287 e. The highest BCUT2D eigenvalue weighted by Gasteiger charge is 2.24. The lowest BCUT2D eigenvalue weighted by Crippen LogP contribution is -2.19. The molecule has 1 aromatic carbocycles. The van der Waals surface area contributed by atoms with Crippen molar-refractivity contribution in [3.05, 3.63) is 62.5 Å². The van der Waals surface area contributed by atoms with Crippen LogP contribution >= 0.6 is 11.6 Å². The highest BCUT2D eigenvalue weighted by molar-refractivity contribution is 6.31. The average molecular weight is 404 g/mol. The van der Waals surface area contributed by atoms with Crippen molar-refractivity contribution in [2.45, 2.75) is 13.3 Å². The minimum atomic E-state index is -3.00. The Labute approximate surface area is 159 Å². The topological polar surface area (TPSA) is 86.8 Å². The third-order valence-electron chi connectivity index (χ3n) is 4.35. The highest BCUT2D eigenvalue weighted by atomic mass is 35.5. The van der Waals surface area contributed by atoms with Crippen molar-refractivity contribution in [1.82, 2.24) is 19.6 Å². The summed E-state index contributed by atoms with van der Waals surface area (Å²) in [5, 5.41) is 11.6. The van der Waals surface area contributed by atoms with Gasteiger partial charge in [0.05, 0.1) is 16.8 Å². The van der Waals surface area contributed by atoms with Crippen molar-refractivity contribution in [1.29, 1.82) is 5.26 Å². The number of aryl methyl sites for hydroxylation is 1. The standard InChI is InChI=1S/C18H9ClF3N5O/c1-7-13(9-2-3-24-12-5-8(19)4-11(20)14(9)12)18(28)27-17(25-7)10(6-23)15(26-27)16(21)22/h2-5,16,26H,1H3. The van der Waals surface area contributed by atoms with E-state index in [-0.39, 0.29) is 38.4 Å². The molecular formula is C18H9ClF3N5O. The van der Waals surface area contributed by atoms with E-state index in [1.165, 1.54) is 25.3 Å². The predicted octanol–water partition coefficient (Wildman–Crippen LogP) is 4.15. The van der Waals surface area contributed by atoms with Gasteiger partial charge in [-0.25, -0.2) is 18.2 Å². The summed E-state index contributed by atoms with van der Waals surface area (Å²) in [4.78, 5) is 21.3. The Morgan fingerprint density at radius 2 is 2.11 bits per heavy atom. The molecule has 0 spiro atoms. The van der Waals surface area contributed by atoms with Gasteiger partial charge >= 0.3 is 0 Å². The summed E-state index contributed by atoms with van der Waals surface area (Å²) in [5.41, 5.74) is -1.51. The zero-order valence-electron chi connectivity index (χ0n) is 14.1. The second kappa shape index (κ2) is 6.35. The lowest BCUT2D eigenvalue weighted by molar-refractivity contribution is 0.145. The number of nitriles is 1. The van der Waals surface area contributed by atoms with Crippen LogP contribution in [0.2, 0.25) is 5.02 Å². The molecule has 0 amide bonds. The fourth-order valence-corrected chi connectivity index (χ4v) is 3.39. The Hall–Kier alpha value is -3.38. The average Bonchev–Trinajstić information content (AvgIpc) is 3.00. The molecule has 28 heavy (non-hydrogen) atoms. The summed E-state index contributed by atoms with van der Waals surface area (Å²) in [7, 11) is 0. The molecule has 0 atom stereocenters. The Morgan fingerprint density at radius 1 is 1.36 bits per heavy atom. The number of halogens is 4. The zero-order chi connectivity index (χ0) is 20.2. The molecule has 0 bridgehead atoms. The third kappa shape index (κ3) is 2.53. The van der Waals surface area contributed by atoms with Gasteiger partial charge in [0.2, 0.25) is 0 Å². The number of nitrogens with one attached hydrogen (secondary N) is 1. The molecule has 0 unspecified atom stereocenters. The molecular weight excluding hydrogens is 395 g/mol. The number of nitrogens with zero attached hydrogens (tertiary/aromatic N) is 4. The summed E-state index contributed by atoms with van der Waals surface area (Å²) in [6.45, 7) is 1.48. The molecule has 1 N–H and O–H groups in total. The molecule has 0 aliphatic rings. The number of benzene rings is 1. The van der Waals surface area contributed by atoms with Crippen molar-refractivity contribution in [2.75, 3.05) is 0 Å². The first-order valence-corrected chi connectivity index (χ1v) is 8.29. The normalized spacial score (nSPS) is 11.5. The Bertz CT molecular complexity index is 1370. The molecule has 0 radical (unpaired) electrons. The summed E-state index contributed by atoms with van der Waals surface area (Å²) >= 11 is 5.86. The van der Waals surface area contributed by atoms with Gasteiger partial charge in [0, 0.05) is 22.2 Å². The monoisotopic (exact) mass is 403 g/mol.